The van der Waals surface area contributed by atoms with E-state index in [1.807, 2.05) is 0 Å². The molecule has 0 bridgehead atoms. The first-order valence-corrected chi connectivity index (χ1v) is 5.83. The van der Waals surface area contributed by atoms with Gasteiger partial charge in [0, 0.05) is 12.7 Å². The zero-order valence-electron chi connectivity index (χ0n) is 9.16. The fraction of sp³-hybridized carbons (Fsp3) is 0.0833. The van der Waals surface area contributed by atoms with E-state index in [1.54, 1.807) is 18.2 Å². The maximum Gasteiger partial charge on any atom is 0.256 e. The molecule has 0 aliphatic heterocycles. The molecule has 0 unspecified atom stereocenters. The van der Waals surface area contributed by atoms with Gasteiger partial charge in [-0.2, -0.15) is 0 Å². The highest BCUT2D eigenvalue weighted by Crippen LogP contribution is 2.30. The van der Waals surface area contributed by atoms with Crippen LogP contribution in [0.2, 0.25) is 10.0 Å². The van der Waals surface area contributed by atoms with E-state index in [0.717, 1.165) is 11.6 Å². The van der Waals surface area contributed by atoms with Gasteiger partial charge >= 0.3 is 0 Å². The number of pyridine rings is 1. The second kappa shape index (κ2) is 5.52. The van der Waals surface area contributed by atoms with Crippen LogP contribution in [-0.4, -0.2) is 4.98 Å². The Morgan fingerprint density at radius 3 is 2.67 bits per heavy atom. The van der Waals surface area contributed by atoms with Gasteiger partial charge in [-0.05, 0) is 23.8 Å². The summed E-state index contributed by atoms with van der Waals surface area (Å²) >= 11 is 11.6. The molecule has 2 aromatic rings. The molecule has 6 heteroatoms. The number of aromatic nitrogens is 1. The monoisotopic (exact) mass is 286 g/mol. The summed E-state index contributed by atoms with van der Waals surface area (Å²) in [7, 11) is 0. The molecule has 0 radical (unpaired) electrons. The molecule has 2 rings (SSSR count). The SMILES string of the molecule is NCc1ccc(Oc2ncc(Cl)cc2F)c(Cl)c1. The molecule has 1 aromatic carbocycles. The number of halogens is 3. The smallest absolute Gasteiger partial charge is 0.256 e. The number of benzene rings is 1. The molecule has 0 atom stereocenters. The molecular weight excluding hydrogens is 278 g/mol. The van der Waals surface area contributed by atoms with Gasteiger partial charge in [-0.15, -0.1) is 0 Å². The van der Waals surface area contributed by atoms with Crippen LogP contribution in [-0.2, 0) is 6.54 Å². The van der Waals surface area contributed by atoms with E-state index in [2.05, 4.69) is 4.98 Å². The molecule has 2 N–H and O–H groups in total. The third kappa shape index (κ3) is 2.90. The molecule has 0 aliphatic carbocycles. The van der Waals surface area contributed by atoms with Crippen molar-refractivity contribution in [2.45, 2.75) is 6.54 Å². The van der Waals surface area contributed by atoms with Crippen LogP contribution < -0.4 is 10.5 Å². The zero-order valence-corrected chi connectivity index (χ0v) is 10.7. The van der Waals surface area contributed by atoms with Crippen molar-refractivity contribution in [3.8, 4) is 11.6 Å². The van der Waals surface area contributed by atoms with Crippen molar-refractivity contribution in [3.63, 3.8) is 0 Å². The number of hydrogen-bond donors (Lipinski definition) is 1. The second-order valence-corrected chi connectivity index (χ2v) is 4.36. The van der Waals surface area contributed by atoms with Gasteiger partial charge in [-0.1, -0.05) is 29.3 Å². The first kappa shape index (κ1) is 13.1. The fourth-order valence-corrected chi connectivity index (χ4v) is 1.72. The molecule has 0 amide bonds. The van der Waals surface area contributed by atoms with Crippen molar-refractivity contribution >= 4 is 23.2 Å². The minimum atomic E-state index is -0.651. The van der Waals surface area contributed by atoms with Crippen molar-refractivity contribution in [3.05, 3.63) is 51.9 Å². The molecule has 0 fully saturated rings. The van der Waals surface area contributed by atoms with E-state index in [0.29, 0.717) is 17.3 Å². The van der Waals surface area contributed by atoms with Crippen LogP contribution >= 0.6 is 23.2 Å². The Kier molecular flexibility index (Phi) is 4.01. The van der Waals surface area contributed by atoms with E-state index in [9.17, 15) is 4.39 Å². The summed E-state index contributed by atoms with van der Waals surface area (Å²) in [6.07, 6.45) is 1.29. The van der Waals surface area contributed by atoms with Crippen molar-refractivity contribution < 1.29 is 9.13 Å². The van der Waals surface area contributed by atoms with Crippen LogP contribution in [0.15, 0.2) is 30.5 Å². The molecule has 1 aromatic heterocycles. The highest BCUT2D eigenvalue weighted by Gasteiger charge is 2.10. The van der Waals surface area contributed by atoms with E-state index in [-0.39, 0.29) is 10.9 Å². The number of ether oxygens (including phenoxy) is 1. The zero-order chi connectivity index (χ0) is 13.1. The quantitative estimate of drug-likeness (QED) is 0.934. The molecule has 94 valence electrons. The highest BCUT2D eigenvalue weighted by atomic mass is 35.5. The van der Waals surface area contributed by atoms with Crippen LogP contribution in [0.5, 0.6) is 11.6 Å². The molecule has 1 heterocycles. The van der Waals surface area contributed by atoms with Crippen molar-refractivity contribution in [1.29, 1.82) is 0 Å². The van der Waals surface area contributed by atoms with Crippen LogP contribution in [0.4, 0.5) is 4.39 Å². The van der Waals surface area contributed by atoms with Crippen LogP contribution in [0.25, 0.3) is 0 Å². The number of nitrogens with two attached hydrogens (primary N) is 1. The van der Waals surface area contributed by atoms with Gasteiger partial charge in [0.25, 0.3) is 5.88 Å². The Balaban J connectivity index is 2.28. The Hall–Kier alpha value is -1.36. The van der Waals surface area contributed by atoms with Gasteiger partial charge < -0.3 is 10.5 Å². The summed E-state index contributed by atoms with van der Waals surface area (Å²) < 4.78 is 18.8. The lowest BCUT2D eigenvalue weighted by molar-refractivity contribution is 0.423. The highest BCUT2D eigenvalue weighted by molar-refractivity contribution is 6.32. The average Bonchev–Trinajstić information content (AvgIpc) is 2.34. The van der Waals surface area contributed by atoms with Crippen LogP contribution in [0.3, 0.4) is 0 Å². The van der Waals surface area contributed by atoms with Crippen molar-refractivity contribution in [2.75, 3.05) is 0 Å². The third-order valence-corrected chi connectivity index (χ3v) is 2.71. The first-order valence-electron chi connectivity index (χ1n) is 5.07. The lowest BCUT2D eigenvalue weighted by Gasteiger charge is -2.08. The van der Waals surface area contributed by atoms with Crippen LogP contribution in [0, 0.1) is 5.82 Å². The van der Waals surface area contributed by atoms with Crippen LogP contribution in [0.1, 0.15) is 5.56 Å². The number of nitrogens with zero attached hydrogens (tertiary/aromatic N) is 1. The van der Waals surface area contributed by atoms with Crippen molar-refractivity contribution in [2.24, 2.45) is 5.73 Å². The molecule has 18 heavy (non-hydrogen) atoms. The normalized spacial score (nSPS) is 10.4. The topological polar surface area (TPSA) is 48.1 Å². The van der Waals surface area contributed by atoms with E-state index in [1.165, 1.54) is 6.20 Å². The Labute approximate surface area is 113 Å². The van der Waals surface area contributed by atoms with Gasteiger partial charge in [0.15, 0.2) is 5.82 Å². The summed E-state index contributed by atoms with van der Waals surface area (Å²) in [6.45, 7) is 0.369. The Morgan fingerprint density at radius 1 is 1.28 bits per heavy atom. The summed E-state index contributed by atoms with van der Waals surface area (Å²) in [4.78, 5) is 3.74. The fourth-order valence-electron chi connectivity index (χ4n) is 1.34. The average molecular weight is 287 g/mol. The van der Waals surface area contributed by atoms with E-state index in [4.69, 9.17) is 33.7 Å². The van der Waals surface area contributed by atoms with Crippen molar-refractivity contribution in [1.82, 2.24) is 4.98 Å². The Bertz CT molecular complexity index is 578. The van der Waals surface area contributed by atoms with Gasteiger partial charge in [0.05, 0.1) is 10.0 Å². The Morgan fingerprint density at radius 2 is 2.06 bits per heavy atom. The predicted octanol–water partition coefficient (Wildman–Crippen LogP) is 3.78. The molecule has 3 nitrogen and oxygen atoms in total. The lowest BCUT2D eigenvalue weighted by atomic mass is 10.2. The van der Waals surface area contributed by atoms with Gasteiger partial charge in [-0.3, -0.25) is 0 Å². The summed E-state index contributed by atoms with van der Waals surface area (Å²) in [5.74, 6) is -0.522. The lowest BCUT2D eigenvalue weighted by Crippen LogP contribution is -1.97. The summed E-state index contributed by atoms with van der Waals surface area (Å²) in [6, 6.07) is 6.13. The number of rotatable bonds is 3. The van der Waals surface area contributed by atoms with Gasteiger partial charge in [-0.25, -0.2) is 9.37 Å². The standard InChI is InChI=1S/C12H9Cl2FN2O/c13-8-4-10(15)12(17-6-8)18-11-2-1-7(5-16)3-9(11)14/h1-4,6H,5,16H2. The van der Waals surface area contributed by atoms with Gasteiger partial charge in [0.1, 0.15) is 5.75 Å². The maximum absolute atomic E-state index is 13.5. The predicted molar refractivity (Wildman–Crippen MR) is 68.6 cm³/mol. The minimum Gasteiger partial charge on any atom is -0.435 e. The molecular formula is C12H9Cl2FN2O. The van der Waals surface area contributed by atoms with E-state index >= 15 is 0 Å². The molecule has 0 spiro atoms. The molecule has 0 saturated carbocycles. The minimum absolute atomic E-state index is 0.179. The first-order chi connectivity index (χ1) is 8.60. The van der Waals surface area contributed by atoms with E-state index < -0.39 is 5.82 Å². The second-order valence-electron chi connectivity index (χ2n) is 3.51. The summed E-state index contributed by atoms with van der Waals surface area (Å²) in [5, 5.41) is 0.540. The maximum atomic E-state index is 13.5. The molecule has 0 saturated heterocycles. The number of hydrogen-bond acceptors (Lipinski definition) is 3. The summed E-state index contributed by atoms with van der Waals surface area (Å²) in [5.41, 5.74) is 6.33. The van der Waals surface area contributed by atoms with Gasteiger partial charge in [0.2, 0.25) is 0 Å². The third-order valence-electron chi connectivity index (χ3n) is 2.21. The molecule has 0 aliphatic rings. The largest absolute Gasteiger partial charge is 0.435 e.